The molecule has 0 radical (unpaired) electrons. The zero-order chi connectivity index (χ0) is 12.4. The number of nitrogens with one attached hydrogen (secondary N) is 1. The van der Waals surface area contributed by atoms with Crippen molar-refractivity contribution in [2.45, 2.75) is 46.6 Å². The summed E-state index contributed by atoms with van der Waals surface area (Å²) < 4.78 is 1.86. The van der Waals surface area contributed by atoms with E-state index in [-0.39, 0.29) is 11.0 Å². The van der Waals surface area contributed by atoms with Crippen LogP contribution in [0.15, 0.2) is 12.3 Å². The van der Waals surface area contributed by atoms with Gasteiger partial charge in [0.1, 0.15) is 0 Å². The maximum atomic E-state index is 4.43. The number of hydrogen-bond acceptors (Lipinski definition) is 2. The smallest absolute Gasteiger partial charge is 0.0630 e. The Morgan fingerprint density at radius 2 is 1.88 bits per heavy atom. The lowest BCUT2D eigenvalue weighted by Gasteiger charge is -2.30. The molecule has 1 heterocycles. The van der Waals surface area contributed by atoms with E-state index in [9.17, 15) is 0 Å². The topological polar surface area (TPSA) is 29.9 Å². The average Bonchev–Trinajstić information content (AvgIpc) is 2.46. The molecule has 0 saturated heterocycles. The minimum absolute atomic E-state index is 0.182. The third-order valence-electron chi connectivity index (χ3n) is 2.53. The van der Waals surface area contributed by atoms with Gasteiger partial charge in [-0.3, -0.25) is 4.68 Å². The molecule has 0 aliphatic carbocycles. The largest absolute Gasteiger partial charge is 0.312 e. The average molecular weight is 223 g/mol. The summed E-state index contributed by atoms with van der Waals surface area (Å²) in [6, 6.07) is 2.10. The lowest BCUT2D eigenvalue weighted by molar-refractivity contribution is 0.286. The van der Waals surface area contributed by atoms with Gasteiger partial charge in [-0.2, -0.15) is 5.10 Å². The Kier molecular flexibility index (Phi) is 3.79. The first-order valence-electron chi connectivity index (χ1n) is 5.92. The van der Waals surface area contributed by atoms with Gasteiger partial charge >= 0.3 is 0 Å². The molecule has 92 valence electrons. The molecule has 1 N–H and O–H groups in total. The molecule has 0 amide bonds. The minimum atomic E-state index is 0.182. The quantitative estimate of drug-likeness (QED) is 0.849. The maximum absolute atomic E-state index is 4.43. The van der Waals surface area contributed by atoms with Crippen molar-refractivity contribution in [3.8, 4) is 0 Å². The van der Waals surface area contributed by atoms with Crippen molar-refractivity contribution in [3.63, 3.8) is 0 Å². The van der Waals surface area contributed by atoms with Crippen molar-refractivity contribution in [1.29, 1.82) is 0 Å². The summed E-state index contributed by atoms with van der Waals surface area (Å²) in [5, 5.41) is 7.98. The van der Waals surface area contributed by atoms with Crippen LogP contribution in [0.2, 0.25) is 0 Å². The second kappa shape index (κ2) is 4.58. The highest BCUT2D eigenvalue weighted by Crippen LogP contribution is 2.20. The molecule has 1 aromatic heterocycles. The summed E-state index contributed by atoms with van der Waals surface area (Å²) in [7, 11) is 1.96. The fourth-order valence-electron chi connectivity index (χ4n) is 1.61. The molecule has 1 aromatic rings. The predicted molar refractivity (Wildman–Crippen MR) is 68.4 cm³/mol. The molecular weight excluding hydrogens is 198 g/mol. The summed E-state index contributed by atoms with van der Waals surface area (Å²) in [5.41, 5.74) is 1.59. The van der Waals surface area contributed by atoms with E-state index in [2.05, 4.69) is 51.1 Å². The van der Waals surface area contributed by atoms with Crippen LogP contribution in [0, 0.1) is 5.41 Å². The Labute approximate surface area is 99.2 Å². The third kappa shape index (κ3) is 4.79. The molecule has 3 heteroatoms. The molecule has 16 heavy (non-hydrogen) atoms. The summed E-state index contributed by atoms with van der Waals surface area (Å²) in [5.74, 6) is 0. The molecule has 0 aliphatic heterocycles. The van der Waals surface area contributed by atoms with Crippen molar-refractivity contribution >= 4 is 0 Å². The van der Waals surface area contributed by atoms with Gasteiger partial charge in [-0.05, 0) is 38.7 Å². The lowest BCUT2D eigenvalue weighted by Crippen LogP contribution is -2.42. The molecule has 0 unspecified atom stereocenters. The van der Waals surface area contributed by atoms with E-state index < -0.39 is 0 Å². The number of aryl methyl sites for hydroxylation is 1. The molecule has 0 saturated carbocycles. The second-order valence-corrected chi connectivity index (χ2v) is 6.43. The Morgan fingerprint density at radius 3 is 2.31 bits per heavy atom. The van der Waals surface area contributed by atoms with Crippen molar-refractivity contribution in [2.24, 2.45) is 12.5 Å². The van der Waals surface area contributed by atoms with Gasteiger partial charge in [-0.1, -0.05) is 13.8 Å². The Hall–Kier alpha value is -0.830. The SMILES string of the molecule is Cn1ccc(CC(C)(C)CNC(C)(C)C)n1. The van der Waals surface area contributed by atoms with Gasteiger partial charge < -0.3 is 5.32 Å². The first-order chi connectivity index (χ1) is 7.18. The number of hydrogen-bond donors (Lipinski definition) is 1. The van der Waals surface area contributed by atoms with E-state index in [1.807, 2.05) is 17.9 Å². The number of rotatable bonds is 4. The summed E-state index contributed by atoms with van der Waals surface area (Å²) in [6.07, 6.45) is 3.01. The van der Waals surface area contributed by atoms with Crippen molar-refractivity contribution in [3.05, 3.63) is 18.0 Å². The van der Waals surface area contributed by atoms with Gasteiger partial charge in [0.15, 0.2) is 0 Å². The summed E-state index contributed by atoms with van der Waals surface area (Å²) in [6.45, 7) is 12.2. The zero-order valence-corrected chi connectivity index (χ0v) is 11.5. The van der Waals surface area contributed by atoms with Crippen LogP contribution >= 0.6 is 0 Å². The molecule has 0 spiro atoms. The molecular formula is C13H25N3. The second-order valence-electron chi connectivity index (χ2n) is 6.43. The molecule has 3 nitrogen and oxygen atoms in total. The van der Waals surface area contributed by atoms with Gasteiger partial charge in [0, 0.05) is 25.3 Å². The van der Waals surface area contributed by atoms with Crippen LogP contribution in [-0.2, 0) is 13.5 Å². The van der Waals surface area contributed by atoms with Crippen LogP contribution in [0.3, 0.4) is 0 Å². The Morgan fingerprint density at radius 1 is 1.25 bits per heavy atom. The fourth-order valence-corrected chi connectivity index (χ4v) is 1.61. The predicted octanol–water partition coefficient (Wildman–Crippen LogP) is 2.38. The van der Waals surface area contributed by atoms with Gasteiger partial charge in [0.2, 0.25) is 0 Å². The van der Waals surface area contributed by atoms with Crippen LogP contribution in [-0.4, -0.2) is 21.9 Å². The molecule has 0 aromatic carbocycles. The molecule has 0 bridgehead atoms. The van der Waals surface area contributed by atoms with Crippen LogP contribution in [0.5, 0.6) is 0 Å². The van der Waals surface area contributed by atoms with Crippen molar-refractivity contribution in [1.82, 2.24) is 15.1 Å². The van der Waals surface area contributed by atoms with Crippen LogP contribution in [0.25, 0.3) is 0 Å². The Bertz CT molecular complexity index is 331. The lowest BCUT2D eigenvalue weighted by atomic mass is 9.87. The summed E-state index contributed by atoms with van der Waals surface area (Å²) in [4.78, 5) is 0. The monoisotopic (exact) mass is 223 g/mol. The number of aromatic nitrogens is 2. The van der Waals surface area contributed by atoms with Crippen molar-refractivity contribution in [2.75, 3.05) is 6.54 Å². The van der Waals surface area contributed by atoms with Crippen LogP contribution < -0.4 is 5.32 Å². The van der Waals surface area contributed by atoms with Gasteiger partial charge in [0.25, 0.3) is 0 Å². The first-order valence-corrected chi connectivity index (χ1v) is 5.92. The zero-order valence-electron chi connectivity index (χ0n) is 11.5. The van der Waals surface area contributed by atoms with E-state index in [4.69, 9.17) is 0 Å². The molecule has 0 atom stereocenters. The van der Waals surface area contributed by atoms with Crippen LogP contribution in [0.1, 0.15) is 40.3 Å². The van der Waals surface area contributed by atoms with E-state index >= 15 is 0 Å². The van der Waals surface area contributed by atoms with Crippen LogP contribution in [0.4, 0.5) is 0 Å². The van der Waals surface area contributed by atoms with E-state index in [1.54, 1.807) is 0 Å². The van der Waals surface area contributed by atoms with E-state index in [1.165, 1.54) is 5.69 Å². The highest BCUT2D eigenvalue weighted by molar-refractivity contribution is 5.02. The molecule has 0 fully saturated rings. The molecule has 1 rings (SSSR count). The number of nitrogens with zero attached hydrogens (tertiary/aromatic N) is 2. The van der Waals surface area contributed by atoms with Gasteiger partial charge in [-0.25, -0.2) is 0 Å². The summed E-state index contributed by atoms with van der Waals surface area (Å²) >= 11 is 0. The highest BCUT2D eigenvalue weighted by atomic mass is 15.2. The van der Waals surface area contributed by atoms with Gasteiger partial charge in [0.05, 0.1) is 5.69 Å². The molecule has 0 aliphatic rings. The minimum Gasteiger partial charge on any atom is -0.312 e. The maximum Gasteiger partial charge on any atom is 0.0630 e. The standard InChI is InChI=1S/C13H25N3/c1-12(2,3)14-10-13(4,5)9-11-7-8-16(6)15-11/h7-8,14H,9-10H2,1-6H3. The fraction of sp³-hybridized carbons (Fsp3) is 0.769. The van der Waals surface area contributed by atoms with E-state index in [0.29, 0.717) is 0 Å². The van der Waals surface area contributed by atoms with E-state index in [0.717, 1.165) is 13.0 Å². The normalized spacial score (nSPS) is 13.1. The van der Waals surface area contributed by atoms with Crippen molar-refractivity contribution < 1.29 is 0 Å². The van der Waals surface area contributed by atoms with Gasteiger partial charge in [-0.15, -0.1) is 0 Å². The Balaban J connectivity index is 2.51. The third-order valence-corrected chi connectivity index (χ3v) is 2.53. The first kappa shape index (κ1) is 13.2. The highest BCUT2D eigenvalue weighted by Gasteiger charge is 2.22.